The summed E-state index contributed by atoms with van der Waals surface area (Å²) in [5, 5.41) is 10.2. The Morgan fingerprint density at radius 3 is 2.84 bits per heavy atom. The Labute approximate surface area is 152 Å². The van der Waals surface area contributed by atoms with Gasteiger partial charge in [-0.3, -0.25) is 14.7 Å². The third-order valence-corrected chi connectivity index (χ3v) is 4.85. The number of carbonyl (C=O) groups is 1. The lowest BCUT2D eigenvalue weighted by Crippen LogP contribution is -2.39. The maximum atomic E-state index is 11.7. The third kappa shape index (κ3) is 3.62. The molecule has 0 aliphatic carbocycles. The maximum absolute atomic E-state index is 11.7. The molecule has 2 aromatic rings. The number of aryl methyl sites for hydroxylation is 1. The lowest BCUT2D eigenvalue weighted by Gasteiger charge is -2.32. The fourth-order valence-corrected chi connectivity index (χ4v) is 3.61. The van der Waals surface area contributed by atoms with E-state index in [0.29, 0.717) is 23.7 Å². The number of aliphatic carboxylic acids is 1. The molecule has 2 unspecified atom stereocenters. The number of likely N-dealkylation sites (tertiary alicyclic amines) is 1. The number of hydrogen-bond donors (Lipinski definition) is 1. The van der Waals surface area contributed by atoms with E-state index >= 15 is 0 Å². The molecular formula is C19H21ClN2O3. The minimum absolute atomic E-state index is 0.321. The van der Waals surface area contributed by atoms with Gasteiger partial charge in [0, 0.05) is 23.3 Å². The number of carboxylic acid groups (broad SMARTS) is 1. The van der Waals surface area contributed by atoms with Crippen molar-refractivity contribution in [1.29, 1.82) is 0 Å². The van der Waals surface area contributed by atoms with E-state index in [1.807, 2.05) is 36.1 Å². The first-order valence-corrected chi connectivity index (χ1v) is 8.63. The van der Waals surface area contributed by atoms with Crippen LogP contribution in [0.1, 0.15) is 35.7 Å². The summed E-state index contributed by atoms with van der Waals surface area (Å²) in [6.07, 6.45) is 3.26. The molecule has 2 heterocycles. The summed E-state index contributed by atoms with van der Waals surface area (Å²) in [7, 11) is 1.60. The Balaban J connectivity index is 2.14. The molecule has 0 amide bonds. The highest BCUT2D eigenvalue weighted by Gasteiger charge is 2.38. The topological polar surface area (TPSA) is 62.7 Å². The van der Waals surface area contributed by atoms with Crippen LogP contribution in [0, 0.1) is 6.92 Å². The van der Waals surface area contributed by atoms with Crippen molar-refractivity contribution in [3.8, 4) is 5.75 Å². The van der Waals surface area contributed by atoms with Crippen LogP contribution >= 0.6 is 11.6 Å². The molecule has 25 heavy (non-hydrogen) atoms. The van der Waals surface area contributed by atoms with Crippen molar-refractivity contribution in [2.75, 3.05) is 13.7 Å². The van der Waals surface area contributed by atoms with E-state index in [1.54, 1.807) is 19.4 Å². The number of aromatic nitrogens is 1. The van der Waals surface area contributed by atoms with E-state index in [4.69, 9.17) is 16.3 Å². The van der Waals surface area contributed by atoms with E-state index in [1.165, 1.54) is 0 Å². The zero-order valence-electron chi connectivity index (χ0n) is 14.3. The molecule has 1 N–H and O–H groups in total. The van der Waals surface area contributed by atoms with Gasteiger partial charge >= 0.3 is 5.97 Å². The highest BCUT2D eigenvalue weighted by molar-refractivity contribution is 6.30. The predicted octanol–water partition coefficient (Wildman–Crippen LogP) is 3.69. The zero-order valence-corrected chi connectivity index (χ0v) is 15.0. The molecule has 0 bridgehead atoms. The first-order chi connectivity index (χ1) is 12.0. The van der Waals surface area contributed by atoms with E-state index < -0.39 is 12.0 Å². The zero-order chi connectivity index (χ0) is 18.0. The van der Waals surface area contributed by atoms with Gasteiger partial charge in [0.1, 0.15) is 11.8 Å². The van der Waals surface area contributed by atoms with Crippen molar-refractivity contribution in [2.45, 2.75) is 31.8 Å². The van der Waals surface area contributed by atoms with Crippen LogP contribution in [0.25, 0.3) is 0 Å². The van der Waals surface area contributed by atoms with Crippen LogP contribution in [0.3, 0.4) is 0 Å². The summed E-state index contributed by atoms with van der Waals surface area (Å²) >= 11 is 6.23. The van der Waals surface area contributed by atoms with Crippen molar-refractivity contribution in [3.63, 3.8) is 0 Å². The first kappa shape index (κ1) is 17.7. The van der Waals surface area contributed by atoms with Crippen LogP contribution < -0.4 is 4.74 Å². The molecule has 0 spiro atoms. The number of ether oxygens (including phenoxy) is 1. The third-order valence-electron chi connectivity index (χ3n) is 4.61. The van der Waals surface area contributed by atoms with Crippen molar-refractivity contribution < 1.29 is 14.6 Å². The molecule has 1 saturated heterocycles. The lowest BCUT2D eigenvalue weighted by atomic mass is 9.98. The molecule has 1 aliphatic heterocycles. The molecule has 6 heteroatoms. The molecule has 1 aromatic carbocycles. The Hall–Kier alpha value is -2.11. The van der Waals surface area contributed by atoms with Gasteiger partial charge in [-0.2, -0.15) is 0 Å². The molecule has 132 valence electrons. The fraction of sp³-hybridized carbons (Fsp3) is 0.368. The largest absolute Gasteiger partial charge is 0.496 e. The number of carboxylic acids is 1. The molecule has 5 nitrogen and oxygen atoms in total. The average molecular weight is 361 g/mol. The smallest absolute Gasteiger partial charge is 0.320 e. The Bertz CT molecular complexity index is 764. The summed E-state index contributed by atoms with van der Waals surface area (Å²) < 4.78 is 5.52. The summed E-state index contributed by atoms with van der Waals surface area (Å²) in [5.41, 5.74) is 2.68. The Morgan fingerprint density at radius 2 is 2.20 bits per heavy atom. The van der Waals surface area contributed by atoms with Gasteiger partial charge in [0.2, 0.25) is 0 Å². The number of halogens is 1. The molecule has 1 fully saturated rings. The number of nitrogens with zero attached hydrogens (tertiary/aromatic N) is 2. The number of benzene rings is 1. The molecule has 3 rings (SSSR count). The van der Waals surface area contributed by atoms with Crippen molar-refractivity contribution in [3.05, 3.63) is 58.4 Å². The Kier molecular flexibility index (Phi) is 5.25. The van der Waals surface area contributed by atoms with E-state index in [-0.39, 0.29) is 6.04 Å². The minimum Gasteiger partial charge on any atom is -0.496 e. The van der Waals surface area contributed by atoms with Gasteiger partial charge in [-0.15, -0.1) is 0 Å². The van der Waals surface area contributed by atoms with Gasteiger partial charge in [-0.1, -0.05) is 17.7 Å². The van der Waals surface area contributed by atoms with Crippen LogP contribution in [0.4, 0.5) is 0 Å². The summed E-state index contributed by atoms with van der Waals surface area (Å²) in [4.78, 5) is 18.3. The van der Waals surface area contributed by atoms with Crippen LogP contribution in [0.15, 0.2) is 36.5 Å². The van der Waals surface area contributed by atoms with Gasteiger partial charge in [0.15, 0.2) is 0 Å². The van der Waals surface area contributed by atoms with Gasteiger partial charge in [-0.25, -0.2) is 0 Å². The van der Waals surface area contributed by atoms with Crippen LogP contribution in [-0.2, 0) is 4.79 Å². The van der Waals surface area contributed by atoms with Crippen molar-refractivity contribution >= 4 is 17.6 Å². The second-order valence-electron chi connectivity index (χ2n) is 6.28. The Morgan fingerprint density at radius 1 is 1.40 bits per heavy atom. The molecule has 2 atom stereocenters. The highest BCUT2D eigenvalue weighted by Crippen LogP contribution is 2.39. The maximum Gasteiger partial charge on any atom is 0.320 e. The van der Waals surface area contributed by atoms with Crippen molar-refractivity contribution in [2.24, 2.45) is 0 Å². The summed E-state index contributed by atoms with van der Waals surface area (Å²) in [5.74, 6) is -0.136. The first-order valence-electron chi connectivity index (χ1n) is 8.26. The molecule has 1 aromatic heterocycles. The SMILES string of the molecule is COc1ccc(Cl)cc1C(c1ccc(C)cn1)N1CCCC1C(=O)O. The highest BCUT2D eigenvalue weighted by atomic mass is 35.5. The lowest BCUT2D eigenvalue weighted by molar-refractivity contribution is -0.142. The monoisotopic (exact) mass is 360 g/mol. The number of rotatable bonds is 5. The quantitative estimate of drug-likeness (QED) is 0.881. The summed E-state index contributed by atoms with van der Waals surface area (Å²) in [6.45, 7) is 2.66. The number of hydrogen-bond acceptors (Lipinski definition) is 4. The molecule has 1 aliphatic rings. The van der Waals surface area contributed by atoms with E-state index in [0.717, 1.165) is 23.2 Å². The van der Waals surface area contributed by atoms with Gasteiger partial charge in [0.05, 0.1) is 18.8 Å². The summed E-state index contributed by atoms with van der Waals surface area (Å²) in [6, 6.07) is 8.47. The number of pyridine rings is 1. The second-order valence-corrected chi connectivity index (χ2v) is 6.72. The number of methoxy groups -OCH3 is 1. The van der Waals surface area contributed by atoms with Crippen LogP contribution in [0.2, 0.25) is 5.02 Å². The molecular weight excluding hydrogens is 340 g/mol. The average Bonchev–Trinajstić information content (AvgIpc) is 3.07. The van der Waals surface area contributed by atoms with Gasteiger partial charge < -0.3 is 9.84 Å². The second kappa shape index (κ2) is 7.42. The standard InChI is InChI=1S/C19H21ClN2O3/c1-12-5-7-15(21-11-12)18(22-9-3-4-16(22)19(23)24)14-10-13(20)6-8-17(14)25-2/h5-8,10-11,16,18H,3-4,9H2,1-2H3,(H,23,24). The minimum atomic E-state index is -0.810. The van der Waals surface area contributed by atoms with Crippen LogP contribution in [0.5, 0.6) is 5.75 Å². The van der Waals surface area contributed by atoms with Crippen molar-refractivity contribution in [1.82, 2.24) is 9.88 Å². The molecule has 0 radical (unpaired) electrons. The fourth-order valence-electron chi connectivity index (χ4n) is 3.43. The van der Waals surface area contributed by atoms with E-state index in [2.05, 4.69) is 4.98 Å². The normalized spacial score (nSPS) is 18.9. The predicted molar refractivity (Wildman–Crippen MR) is 96.2 cm³/mol. The van der Waals surface area contributed by atoms with Gasteiger partial charge in [0.25, 0.3) is 0 Å². The van der Waals surface area contributed by atoms with E-state index in [9.17, 15) is 9.90 Å². The van der Waals surface area contributed by atoms with Gasteiger partial charge in [-0.05, 0) is 49.6 Å². The molecule has 0 saturated carbocycles. The van der Waals surface area contributed by atoms with Crippen LogP contribution in [-0.4, -0.2) is 40.7 Å².